The Morgan fingerprint density at radius 3 is 1.33 bits per heavy atom. The normalized spacial score (nSPS) is 21.4. The Hall–Kier alpha value is -6.24. The minimum absolute atomic E-state index is 0.578. The molecule has 1 atom stereocenters. The van der Waals surface area contributed by atoms with Crippen LogP contribution in [0.25, 0.3) is 65.7 Å². The molecule has 0 saturated heterocycles. The van der Waals surface area contributed by atoms with E-state index in [-0.39, 0.29) is 0 Å². The van der Waals surface area contributed by atoms with E-state index in [0.717, 1.165) is 0 Å². The molecule has 0 aliphatic rings. The third-order valence-corrected chi connectivity index (χ3v) is 7.42. The molecule has 0 heterocycles. The van der Waals surface area contributed by atoms with Crippen molar-refractivity contribution in [3.63, 3.8) is 0 Å². The van der Waals surface area contributed by atoms with Crippen LogP contribution >= 0.6 is 0 Å². The Bertz CT molecular complexity index is 4370. The number of hydrogen-bond acceptors (Lipinski definition) is 0. The van der Waals surface area contributed by atoms with Crippen LogP contribution in [-0.4, -0.2) is 0 Å². The van der Waals surface area contributed by atoms with Crippen molar-refractivity contribution in [1.29, 1.82) is 0 Å². The van der Waals surface area contributed by atoms with Crippen molar-refractivity contribution >= 4 is 32.3 Å². The van der Waals surface area contributed by atoms with E-state index in [1.807, 2.05) is 0 Å². The van der Waals surface area contributed by atoms with Gasteiger partial charge >= 0.3 is 0 Å². The smallest absolute Gasteiger partial charge is 0.0622 e. The Morgan fingerprint density at radius 1 is 0.265 bits per heavy atom. The Balaban J connectivity index is 1.51. The predicted octanol–water partition coefficient (Wildman–Crippen LogP) is 13.3. The maximum atomic E-state index is 10.0. The molecule has 0 N–H and O–H groups in total. The second kappa shape index (κ2) is 12.4. The molecular weight excluding hydrogens is 589 g/mol. The molecule has 0 aliphatic heterocycles. The van der Waals surface area contributed by atoms with Crippen molar-refractivity contribution in [2.45, 2.75) is 5.92 Å². The number of benzene rings is 9. The first-order valence-electron chi connectivity index (χ1n) is 30.9. The summed E-state index contributed by atoms with van der Waals surface area (Å²) < 4.78 is 296. The van der Waals surface area contributed by atoms with Crippen LogP contribution in [0.15, 0.2) is 199 Å². The second-order valence-corrected chi connectivity index (χ2v) is 10.3. The largest absolute Gasteiger partial charge is 0.0636 e. The van der Waals surface area contributed by atoms with Gasteiger partial charge in [0.15, 0.2) is 0 Å². The molecule has 9 rings (SSSR count). The van der Waals surface area contributed by atoms with E-state index >= 15 is 0 Å². The van der Waals surface area contributed by atoms with Crippen molar-refractivity contribution in [3.05, 3.63) is 216 Å². The van der Waals surface area contributed by atoms with Crippen LogP contribution in [0, 0.1) is 0 Å². The van der Waals surface area contributed by atoms with E-state index in [0.29, 0.717) is 0 Å². The standard InChI is InChI=1S/C49H34/c1-3-10-34(11-4-1)36-18-23-40(24-19-36)49(41-25-20-37(21-26-41)43-16-9-15-42(32-43)35-12-5-2-6-13-35)44-27-22-39-29-30-46-45-17-8-7-14-38(45)28-31-47(46)48(39)33-44/h1-33,49H/i1D,2D,3D,4D,5D,6D,7D,8D,9D,10D,11D,12D,13D,14D,15D,16D,17D,18D,19D,20D,21D,22D,23D,24D,25D,26D,27D,28D,29D,30D,31D,32D,33D. The number of rotatable bonds is 6. The fraction of sp³-hybridized carbons (Fsp3) is 0.0204. The Kier molecular flexibility index (Phi) is 2.69. The first-order chi connectivity index (χ1) is 38.1. The highest BCUT2D eigenvalue weighted by atomic mass is 14.2. The van der Waals surface area contributed by atoms with Gasteiger partial charge in [-0.2, -0.15) is 0 Å². The highest BCUT2D eigenvalue weighted by molar-refractivity contribution is 6.17. The van der Waals surface area contributed by atoms with Gasteiger partial charge in [0.2, 0.25) is 0 Å². The lowest BCUT2D eigenvalue weighted by atomic mass is 9.82. The van der Waals surface area contributed by atoms with Crippen LogP contribution in [0.5, 0.6) is 0 Å². The topological polar surface area (TPSA) is 0 Å². The number of fused-ring (bicyclic) bond motifs is 5. The van der Waals surface area contributed by atoms with E-state index < -0.39 is 288 Å². The zero-order valence-electron chi connectivity index (χ0n) is 57.6. The fourth-order valence-electron chi connectivity index (χ4n) is 5.15. The summed E-state index contributed by atoms with van der Waals surface area (Å²) in [5.41, 5.74) is -8.51. The zero-order valence-corrected chi connectivity index (χ0v) is 24.6. The van der Waals surface area contributed by atoms with Crippen LogP contribution in [0.2, 0.25) is 0 Å². The maximum Gasteiger partial charge on any atom is 0.0636 e. The van der Waals surface area contributed by atoms with Gasteiger partial charge < -0.3 is 0 Å². The highest BCUT2D eigenvalue weighted by Crippen LogP contribution is 2.38. The molecule has 0 nitrogen and oxygen atoms in total. The summed E-state index contributed by atoms with van der Waals surface area (Å²) in [7, 11) is 0. The summed E-state index contributed by atoms with van der Waals surface area (Å²) in [5, 5.41) is -3.99. The molecule has 0 heteroatoms. The molecule has 0 radical (unpaired) electrons. The van der Waals surface area contributed by atoms with Crippen molar-refractivity contribution in [2.75, 3.05) is 0 Å². The summed E-state index contributed by atoms with van der Waals surface area (Å²) in [6.45, 7) is 0. The molecule has 0 amide bonds. The van der Waals surface area contributed by atoms with Crippen LogP contribution in [0.1, 0.15) is 67.8 Å². The molecule has 0 saturated carbocycles. The lowest BCUT2D eigenvalue weighted by Gasteiger charge is -2.21. The summed E-state index contributed by atoms with van der Waals surface area (Å²) in [6, 6.07) is -34.2. The highest BCUT2D eigenvalue weighted by Gasteiger charge is 2.19. The van der Waals surface area contributed by atoms with Gasteiger partial charge in [-0.05, 0) is 94.5 Å². The first kappa shape index (κ1) is 10.6. The van der Waals surface area contributed by atoms with Gasteiger partial charge in [-0.25, -0.2) is 0 Å². The van der Waals surface area contributed by atoms with Crippen molar-refractivity contribution in [2.24, 2.45) is 0 Å². The molecular formula is C49H34. The molecule has 0 fully saturated rings. The van der Waals surface area contributed by atoms with Crippen LogP contribution in [-0.2, 0) is 0 Å². The molecule has 9 aromatic carbocycles. The third-order valence-electron chi connectivity index (χ3n) is 7.42. The van der Waals surface area contributed by atoms with E-state index in [1.54, 1.807) is 0 Å². The average Bonchev–Trinajstić information content (AvgIpc) is 2.92. The summed E-state index contributed by atoms with van der Waals surface area (Å²) in [6.07, 6.45) is 0. The number of hydrogen-bond donors (Lipinski definition) is 0. The molecule has 49 heavy (non-hydrogen) atoms. The lowest BCUT2D eigenvalue weighted by molar-refractivity contribution is 0.981. The third kappa shape index (κ3) is 5.48. The SMILES string of the molecule is [2H]c1c([2H])c([2H])c(-c2c([2H])c([2H])c(C(c3c([2H])c([2H])c(-c4c([2H])c([2H])c([2H])c(-c5c([2H])c([2H])c([2H])c([2H])c5[2H])c4[2H])c([2H])c3[2H])c3c([2H])c([2H])c4c([2H])c([2H])c5c6c([2H])c([2H])c([2H])c([2H])c6c([2H])c([2H])c5c4c3[2H])c([2H])c2[2H])c([2H])c1[2H]. The van der Waals surface area contributed by atoms with Crippen molar-refractivity contribution in [1.82, 2.24) is 0 Å². The fourth-order valence-corrected chi connectivity index (χ4v) is 5.15. The van der Waals surface area contributed by atoms with E-state index in [1.165, 1.54) is 0 Å². The van der Waals surface area contributed by atoms with Gasteiger partial charge in [0.1, 0.15) is 0 Å². The molecule has 1 unspecified atom stereocenters. The van der Waals surface area contributed by atoms with Gasteiger partial charge in [0.25, 0.3) is 0 Å². The quantitative estimate of drug-likeness (QED) is 0.123. The van der Waals surface area contributed by atoms with Gasteiger partial charge in [0.05, 0.1) is 45.2 Å². The first-order valence-corrected chi connectivity index (χ1v) is 14.4. The molecule has 230 valence electrons. The molecule has 0 bridgehead atoms. The minimum Gasteiger partial charge on any atom is -0.0622 e. The van der Waals surface area contributed by atoms with E-state index in [4.69, 9.17) is 26.0 Å². The molecule has 0 aromatic heterocycles. The van der Waals surface area contributed by atoms with Gasteiger partial charge in [-0.3, -0.25) is 0 Å². The lowest BCUT2D eigenvalue weighted by Crippen LogP contribution is -2.04. The van der Waals surface area contributed by atoms with Gasteiger partial charge in [-0.15, -0.1) is 0 Å². The summed E-state index contributed by atoms with van der Waals surface area (Å²) in [4.78, 5) is 0. The van der Waals surface area contributed by atoms with E-state index in [9.17, 15) is 19.2 Å². The average molecular weight is 656 g/mol. The summed E-state index contributed by atoms with van der Waals surface area (Å²) in [5.74, 6) is -2.57. The Labute approximate surface area is 333 Å². The molecule has 0 aliphatic carbocycles. The molecule has 9 aromatic rings. The van der Waals surface area contributed by atoms with Gasteiger partial charge in [0, 0.05) is 5.92 Å². The van der Waals surface area contributed by atoms with E-state index in [2.05, 4.69) is 0 Å². The van der Waals surface area contributed by atoms with Crippen LogP contribution in [0.3, 0.4) is 0 Å². The second-order valence-electron chi connectivity index (χ2n) is 10.3. The zero-order chi connectivity index (χ0) is 61.3. The van der Waals surface area contributed by atoms with Crippen molar-refractivity contribution in [3.8, 4) is 33.4 Å². The Morgan fingerprint density at radius 2 is 0.694 bits per heavy atom. The van der Waals surface area contributed by atoms with Crippen LogP contribution < -0.4 is 0 Å². The maximum absolute atomic E-state index is 10.0. The van der Waals surface area contributed by atoms with Crippen molar-refractivity contribution < 1.29 is 45.2 Å². The van der Waals surface area contributed by atoms with Crippen LogP contribution in [0.4, 0.5) is 0 Å². The predicted molar refractivity (Wildman–Crippen MR) is 209 cm³/mol. The van der Waals surface area contributed by atoms with Gasteiger partial charge in [-0.1, -0.05) is 187 Å². The molecule has 0 spiro atoms. The monoisotopic (exact) mass is 655 g/mol. The minimum atomic E-state index is -2.57. The summed E-state index contributed by atoms with van der Waals surface area (Å²) >= 11 is 0.